The van der Waals surface area contributed by atoms with Crippen molar-refractivity contribution in [1.82, 2.24) is 0 Å². The van der Waals surface area contributed by atoms with Crippen LogP contribution in [0, 0.1) is 5.92 Å². The molecule has 16 heavy (non-hydrogen) atoms. The van der Waals surface area contributed by atoms with Crippen molar-refractivity contribution in [2.45, 2.75) is 45.4 Å². The van der Waals surface area contributed by atoms with Gasteiger partial charge in [0.15, 0.2) is 0 Å². The molecule has 1 saturated carbocycles. The smallest absolute Gasteiger partial charge is 0.343 e. The fraction of sp³-hybridized carbons (Fsp3) is 0.667. The summed E-state index contributed by atoms with van der Waals surface area (Å²) in [7, 11) is 0. The molecule has 0 amide bonds. The third-order valence-electron chi connectivity index (χ3n) is 3.23. The van der Waals surface area contributed by atoms with Crippen LogP contribution in [0.15, 0.2) is 11.1 Å². The molecule has 1 aliphatic rings. The van der Waals surface area contributed by atoms with Gasteiger partial charge in [0.1, 0.15) is 5.57 Å². The summed E-state index contributed by atoms with van der Waals surface area (Å²) in [4.78, 5) is 21.9. The zero-order valence-electron chi connectivity index (χ0n) is 9.53. The Morgan fingerprint density at radius 1 is 1.06 bits per heavy atom. The average molecular weight is 226 g/mol. The van der Waals surface area contributed by atoms with Crippen LogP contribution in [0.3, 0.4) is 0 Å². The molecule has 90 valence electrons. The van der Waals surface area contributed by atoms with Crippen LogP contribution in [0.4, 0.5) is 0 Å². The third kappa shape index (κ3) is 2.84. The highest BCUT2D eigenvalue weighted by Crippen LogP contribution is 2.33. The Bertz CT molecular complexity index is 295. The van der Waals surface area contributed by atoms with Gasteiger partial charge < -0.3 is 10.2 Å². The van der Waals surface area contributed by atoms with Gasteiger partial charge in [-0.15, -0.1) is 0 Å². The molecule has 4 nitrogen and oxygen atoms in total. The molecule has 0 unspecified atom stereocenters. The van der Waals surface area contributed by atoms with Gasteiger partial charge in [-0.3, -0.25) is 0 Å². The van der Waals surface area contributed by atoms with Gasteiger partial charge >= 0.3 is 11.9 Å². The molecule has 0 bridgehead atoms. The Hall–Kier alpha value is -1.32. The minimum absolute atomic E-state index is 0.154. The van der Waals surface area contributed by atoms with Crippen LogP contribution < -0.4 is 0 Å². The molecular formula is C12H18O4. The minimum atomic E-state index is -1.31. The molecule has 0 aromatic rings. The number of aliphatic carboxylic acids is 2. The molecule has 4 heteroatoms. The zero-order valence-corrected chi connectivity index (χ0v) is 9.53. The van der Waals surface area contributed by atoms with E-state index in [-0.39, 0.29) is 5.92 Å². The van der Waals surface area contributed by atoms with E-state index in [1.165, 1.54) is 6.42 Å². The Labute approximate surface area is 95.0 Å². The number of allylic oxidation sites excluding steroid dienone is 1. The normalized spacial score (nSPS) is 16.8. The van der Waals surface area contributed by atoms with Gasteiger partial charge in [0, 0.05) is 0 Å². The summed E-state index contributed by atoms with van der Waals surface area (Å²) < 4.78 is 0. The summed E-state index contributed by atoms with van der Waals surface area (Å²) in [6.07, 6.45) is 5.67. The van der Waals surface area contributed by atoms with Crippen LogP contribution in [0.25, 0.3) is 0 Å². The van der Waals surface area contributed by atoms with E-state index in [4.69, 9.17) is 10.2 Å². The van der Waals surface area contributed by atoms with Crippen LogP contribution >= 0.6 is 0 Å². The van der Waals surface area contributed by atoms with E-state index in [0.29, 0.717) is 12.0 Å². The fourth-order valence-corrected chi connectivity index (χ4v) is 2.49. The standard InChI is InChI=1S/C12H18O4/c1-2-9(8-6-4-3-5-7-8)10(11(13)14)12(15)16/h8H,2-7H2,1H3,(H,13,14)(H,15,16). The first-order valence-corrected chi connectivity index (χ1v) is 5.77. The predicted octanol–water partition coefficient (Wildman–Crippen LogP) is 2.44. The van der Waals surface area contributed by atoms with Gasteiger partial charge in [-0.2, -0.15) is 0 Å². The fourth-order valence-electron chi connectivity index (χ4n) is 2.49. The summed E-state index contributed by atoms with van der Waals surface area (Å²) in [5.74, 6) is -2.47. The number of hydrogen-bond donors (Lipinski definition) is 2. The second-order valence-electron chi connectivity index (χ2n) is 4.20. The summed E-state index contributed by atoms with van der Waals surface area (Å²) in [6.45, 7) is 1.83. The van der Waals surface area contributed by atoms with Crippen LogP contribution in [-0.2, 0) is 9.59 Å². The molecule has 0 saturated heterocycles. The highest BCUT2D eigenvalue weighted by molar-refractivity contribution is 6.13. The molecule has 1 rings (SSSR count). The summed E-state index contributed by atoms with van der Waals surface area (Å²) in [5, 5.41) is 17.9. The quantitative estimate of drug-likeness (QED) is 0.438. The van der Waals surface area contributed by atoms with E-state index in [2.05, 4.69) is 0 Å². The van der Waals surface area contributed by atoms with E-state index in [1.807, 2.05) is 6.92 Å². The van der Waals surface area contributed by atoms with Crippen molar-refractivity contribution >= 4 is 11.9 Å². The minimum Gasteiger partial charge on any atom is -0.477 e. The molecule has 0 aromatic carbocycles. The van der Waals surface area contributed by atoms with Crippen LogP contribution in [0.5, 0.6) is 0 Å². The van der Waals surface area contributed by atoms with Gasteiger partial charge in [0.05, 0.1) is 0 Å². The number of rotatable bonds is 4. The predicted molar refractivity (Wildman–Crippen MR) is 59.2 cm³/mol. The summed E-state index contributed by atoms with van der Waals surface area (Å²) in [6, 6.07) is 0. The van der Waals surface area contributed by atoms with Crippen molar-refractivity contribution in [3.05, 3.63) is 11.1 Å². The monoisotopic (exact) mass is 226 g/mol. The van der Waals surface area contributed by atoms with Crippen molar-refractivity contribution < 1.29 is 19.8 Å². The summed E-state index contributed by atoms with van der Waals surface area (Å²) >= 11 is 0. The summed E-state index contributed by atoms with van der Waals surface area (Å²) in [5.41, 5.74) is 0.203. The van der Waals surface area contributed by atoms with Crippen molar-refractivity contribution in [2.24, 2.45) is 5.92 Å². The molecule has 1 aliphatic carbocycles. The van der Waals surface area contributed by atoms with E-state index in [9.17, 15) is 9.59 Å². The zero-order chi connectivity index (χ0) is 12.1. The van der Waals surface area contributed by atoms with Crippen LogP contribution in [-0.4, -0.2) is 22.2 Å². The number of carbonyl (C=O) groups is 2. The van der Waals surface area contributed by atoms with Gasteiger partial charge in [-0.05, 0) is 30.8 Å². The molecule has 0 radical (unpaired) electrons. The Kier molecular flexibility index (Phi) is 4.52. The lowest BCUT2D eigenvalue weighted by Gasteiger charge is -2.24. The Morgan fingerprint density at radius 3 is 1.94 bits per heavy atom. The molecule has 0 atom stereocenters. The van der Waals surface area contributed by atoms with Crippen LogP contribution in [0.2, 0.25) is 0 Å². The molecule has 2 N–H and O–H groups in total. The van der Waals surface area contributed by atoms with Gasteiger partial charge in [0.2, 0.25) is 0 Å². The Balaban J connectivity index is 3.03. The molecule has 0 aromatic heterocycles. The first-order chi connectivity index (χ1) is 7.57. The average Bonchev–Trinajstić information content (AvgIpc) is 2.25. The van der Waals surface area contributed by atoms with Crippen molar-refractivity contribution in [1.29, 1.82) is 0 Å². The molecular weight excluding hydrogens is 208 g/mol. The first-order valence-electron chi connectivity index (χ1n) is 5.77. The SMILES string of the molecule is CCC(=C(C(=O)O)C(=O)O)C1CCCCC1. The highest BCUT2D eigenvalue weighted by Gasteiger charge is 2.27. The van der Waals surface area contributed by atoms with E-state index < -0.39 is 17.5 Å². The van der Waals surface area contributed by atoms with E-state index >= 15 is 0 Å². The Morgan fingerprint density at radius 2 is 1.56 bits per heavy atom. The van der Waals surface area contributed by atoms with Crippen LogP contribution in [0.1, 0.15) is 45.4 Å². The third-order valence-corrected chi connectivity index (χ3v) is 3.23. The lowest BCUT2D eigenvalue weighted by Crippen LogP contribution is -2.19. The van der Waals surface area contributed by atoms with Gasteiger partial charge in [0.25, 0.3) is 0 Å². The van der Waals surface area contributed by atoms with E-state index in [1.54, 1.807) is 0 Å². The maximum absolute atomic E-state index is 10.9. The van der Waals surface area contributed by atoms with E-state index in [0.717, 1.165) is 25.7 Å². The van der Waals surface area contributed by atoms with Gasteiger partial charge in [-0.1, -0.05) is 26.2 Å². The largest absolute Gasteiger partial charge is 0.477 e. The second-order valence-corrected chi connectivity index (χ2v) is 4.20. The topological polar surface area (TPSA) is 74.6 Å². The number of hydrogen-bond acceptors (Lipinski definition) is 2. The van der Waals surface area contributed by atoms with Gasteiger partial charge in [-0.25, -0.2) is 9.59 Å². The van der Waals surface area contributed by atoms with Crippen molar-refractivity contribution in [3.63, 3.8) is 0 Å². The van der Waals surface area contributed by atoms with Crippen molar-refractivity contribution in [3.8, 4) is 0 Å². The first kappa shape index (κ1) is 12.7. The maximum Gasteiger partial charge on any atom is 0.343 e. The number of carboxylic acid groups (broad SMARTS) is 2. The maximum atomic E-state index is 10.9. The lowest BCUT2D eigenvalue weighted by atomic mass is 9.80. The highest BCUT2D eigenvalue weighted by atomic mass is 16.4. The van der Waals surface area contributed by atoms with Crippen molar-refractivity contribution in [2.75, 3.05) is 0 Å². The lowest BCUT2D eigenvalue weighted by molar-refractivity contribution is -0.140. The molecule has 0 heterocycles. The number of carboxylic acids is 2. The second kappa shape index (κ2) is 5.68. The molecule has 0 spiro atoms. The molecule has 1 fully saturated rings. The molecule has 0 aliphatic heterocycles.